The first kappa shape index (κ1) is 12.4. The molecular formula is C11H13FO4. The van der Waals surface area contributed by atoms with E-state index in [2.05, 4.69) is 4.74 Å². The first-order valence-electron chi connectivity index (χ1n) is 4.71. The van der Waals surface area contributed by atoms with Crippen molar-refractivity contribution in [3.8, 4) is 5.75 Å². The zero-order valence-corrected chi connectivity index (χ0v) is 9.07. The summed E-state index contributed by atoms with van der Waals surface area (Å²) < 4.78 is 22.6. The molecule has 0 amide bonds. The molecule has 0 aliphatic rings. The van der Waals surface area contributed by atoms with E-state index in [0.717, 1.165) is 6.07 Å². The lowest BCUT2D eigenvalue weighted by molar-refractivity contribution is -0.142. The van der Waals surface area contributed by atoms with Crippen molar-refractivity contribution in [1.29, 1.82) is 0 Å². The zero-order valence-electron chi connectivity index (χ0n) is 9.07. The first-order valence-corrected chi connectivity index (χ1v) is 4.71. The number of hydrogen-bond acceptors (Lipinski definition) is 4. The maximum atomic E-state index is 13.4. The molecule has 1 atom stereocenters. The zero-order chi connectivity index (χ0) is 12.1. The van der Waals surface area contributed by atoms with Crippen LogP contribution in [0.2, 0.25) is 0 Å². The van der Waals surface area contributed by atoms with Crippen LogP contribution in [0, 0.1) is 5.82 Å². The van der Waals surface area contributed by atoms with Gasteiger partial charge in [-0.05, 0) is 24.6 Å². The average molecular weight is 228 g/mol. The quantitative estimate of drug-likeness (QED) is 0.792. The van der Waals surface area contributed by atoms with Crippen molar-refractivity contribution in [2.75, 3.05) is 13.7 Å². The van der Waals surface area contributed by atoms with E-state index in [1.54, 1.807) is 0 Å². The van der Waals surface area contributed by atoms with Crippen molar-refractivity contribution in [2.45, 2.75) is 13.0 Å². The first-order chi connectivity index (χ1) is 7.54. The molecule has 88 valence electrons. The second-order valence-electron chi connectivity index (χ2n) is 3.23. The second-order valence-corrected chi connectivity index (χ2v) is 3.23. The summed E-state index contributed by atoms with van der Waals surface area (Å²) in [6, 6.07) is 4.05. The second kappa shape index (κ2) is 5.46. The summed E-state index contributed by atoms with van der Waals surface area (Å²) in [4.78, 5) is 10.8. The molecule has 1 aromatic carbocycles. The van der Waals surface area contributed by atoms with Crippen molar-refractivity contribution in [3.63, 3.8) is 0 Å². The molecule has 0 saturated heterocycles. The van der Waals surface area contributed by atoms with Gasteiger partial charge < -0.3 is 14.6 Å². The van der Waals surface area contributed by atoms with E-state index in [1.165, 1.54) is 26.2 Å². The van der Waals surface area contributed by atoms with Crippen molar-refractivity contribution < 1.29 is 23.8 Å². The van der Waals surface area contributed by atoms with Crippen LogP contribution in [0.25, 0.3) is 0 Å². The van der Waals surface area contributed by atoms with Crippen LogP contribution >= 0.6 is 0 Å². The van der Waals surface area contributed by atoms with Gasteiger partial charge in [0, 0.05) is 0 Å². The number of hydrogen-bond donors (Lipinski definition) is 1. The molecule has 16 heavy (non-hydrogen) atoms. The number of carbonyl (C=O) groups excluding carboxylic acids is 1. The van der Waals surface area contributed by atoms with Gasteiger partial charge in [-0.2, -0.15) is 0 Å². The number of halogens is 1. The smallest absolute Gasteiger partial charge is 0.343 e. The maximum absolute atomic E-state index is 13.4. The standard InChI is InChI=1S/C11H13FO4/c1-7(13)8-3-4-10(9(12)5-8)16-6-11(14)15-2/h3-5,7,13H,6H2,1-2H3/t7-/m1/s1. The van der Waals surface area contributed by atoms with Gasteiger partial charge in [-0.3, -0.25) is 0 Å². The molecule has 1 N–H and O–H groups in total. The molecule has 0 aromatic heterocycles. The Morgan fingerprint density at radius 1 is 1.56 bits per heavy atom. The largest absolute Gasteiger partial charge is 0.479 e. The molecule has 5 heteroatoms. The predicted octanol–water partition coefficient (Wildman–Crippen LogP) is 1.43. The Hall–Kier alpha value is -1.62. The Balaban J connectivity index is 2.72. The third-order valence-electron chi connectivity index (χ3n) is 2.01. The van der Waals surface area contributed by atoms with Gasteiger partial charge in [-0.1, -0.05) is 6.07 Å². The topological polar surface area (TPSA) is 55.8 Å². The fourth-order valence-corrected chi connectivity index (χ4v) is 1.09. The van der Waals surface area contributed by atoms with Gasteiger partial charge in [-0.25, -0.2) is 9.18 Å². The SMILES string of the molecule is COC(=O)COc1ccc([C@@H](C)O)cc1F. The molecule has 0 aliphatic carbocycles. The fraction of sp³-hybridized carbons (Fsp3) is 0.364. The van der Waals surface area contributed by atoms with E-state index in [1.807, 2.05) is 0 Å². The highest BCUT2D eigenvalue weighted by atomic mass is 19.1. The van der Waals surface area contributed by atoms with Crippen molar-refractivity contribution in [1.82, 2.24) is 0 Å². The van der Waals surface area contributed by atoms with Crippen LogP contribution in [0.3, 0.4) is 0 Å². The summed E-state index contributed by atoms with van der Waals surface area (Å²) in [7, 11) is 1.22. The number of carbonyl (C=O) groups is 1. The molecule has 0 heterocycles. The van der Waals surface area contributed by atoms with Crippen LogP contribution in [0.5, 0.6) is 5.75 Å². The fourth-order valence-electron chi connectivity index (χ4n) is 1.09. The Kier molecular flexibility index (Phi) is 4.25. The third kappa shape index (κ3) is 3.20. The van der Waals surface area contributed by atoms with Gasteiger partial charge in [0.1, 0.15) is 0 Å². The summed E-state index contributed by atoms with van der Waals surface area (Å²) in [6.45, 7) is 1.19. The van der Waals surface area contributed by atoms with Crippen LogP contribution in [-0.2, 0) is 9.53 Å². The minimum absolute atomic E-state index is 0.0465. The number of aliphatic hydroxyl groups excluding tert-OH is 1. The number of aliphatic hydroxyl groups is 1. The lowest BCUT2D eigenvalue weighted by Crippen LogP contribution is -2.13. The molecule has 0 fully saturated rings. The molecule has 4 nitrogen and oxygen atoms in total. The minimum Gasteiger partial charge on any atom is -0.479 e. The number of methoxy groups -OCH3 is 1. The normalized spacial score (nSPS) is 12.0. The molecule has 1 rings (SSSR count). The molecule has 0 radical (unpaired) electrons. The summed E-state index contributed by atoms with van der Waals surface area (Å²) in [5.41, 5.74) is 0.447. The molecule has 1 aromatic rings. The van der Waals surface area contributed by atoms with Gasteiger partial charge in [0.2, 0.25) is 0 Å². The highest BCUT2D eigenvalue weighted by Gasteiger charge is 2.09. The van der Waals surface area contributed by atoms with Crippen LogP contribution in [-0.4, -0.2) is 24.8 Å². The molecule has 0 unspecified atom stereocenters. The average Bonchev–Trinajstić information content (AvgIpc) is 2.26. The predicted molar refractivity (Wildman–Crippen MR) is 54.5 cm³/mol. The lowest BCUT2D eigenvalue weighted by atomic mass is 10.1. The van der Waals surface area contributed by atoms with Crippen molar-refractivity contribution in [3.05, 3.63) is 29.6 Å². The number of ether oxygens (including phenoxy) is 2. The number of benzene rings is 1. The Labute approximate surface area is 92.6 Å². The van der Waals surface area contributed by atoms with Crippen LogP contribution in [0.15, 0.2) is 18.2 Å². The van der Waals surface area contributed by atoms with Gasteiger partial charge >= 0.3 is 5.97 Å². The number of esters is 1. The highest BCUT2D eigenvalue weighted by Crippen LogP contribution is 2.21. The molecule has 0 saturated carbocycles. The summed E-state index contributed by atoms with van der Waals surface area (Å²) in [6.07, 6.45) is -0.746. The van der Waals surface area contributed by atoms with Gasteiger partial charge in [0.05, 0.1) is 13.2 Å². The molecule has 0 aliphatic heterocycles. The highest BCUT2D eigenvalue weighted by molar-refractivity contribution is 5.70. The van der Waals surface area contributed by atoms with E-state index in [9.17, 15) is 14.3 Å². The maximum Gasteiger partial charge on any atom is 0.343 e. The molecular weight excluding hydrogens is 215 g/mol. The van der Waals surface area contributed by atoms with Crippen molar-refractivity contribution in [2.24, 2.45) is 0 Å². The van der Waals surface area contributed by atoms with Crippen LogP contribution in [0.1, 0.15) is 18.6 Å². The third-order valence-corrected chi connectivity index (χ3v) is 2.01. The van der Waals surface area contributed by atoms with Crippen molar-refractivity contribution >= 4 is 5.97 Å². The van der Waals surface area contributed by atoms with Gasteiger partial charge in [0.25, 0.3) is 0 Å². The van der Waals surface area contributed by atoms with E-state index in [-0.39, 0.29) is 12.4 Å². The Morgan fingerprint density at radius 3 is 2.75 bits per heavy atom. The Morgan fingerprint density at radius 2 is 2.25 bits per heavy atom. The molecule has 0 spiro atoms. The molecule has 0 bridgehead atoms. The van der Waals surface area contributed by atoms with Crippen LogP contribution in [0.4, 0.5) is 4.39 Å². The van der Waals surface area contributed by atoms with E-state index in [4.69, 9.17) is 4.74 Å². The summed E-state index contributed by atoms with van der Waals surface area (Å²) in [5, 5.41) is 9.21. The minimum atomic E-state index is -0.746. The Bertz CT molecular complexity index is 376. The number of rotatable bonds is 4. The monoisotopic (exact) mass is 228 g/mol. The summed E-state index contributed by atoms with van der Waals surface area (Å²) in [5.74, 6) is -1.25. The lowest BCUT2D eigenvalue weighted by Gasteiger charge is -2.09. The van der Waals surface area contributed by atoms with E-state index < -0.39 is 17.9 Å². The van der Waals surface area contributed by atoms with Gasteiger partial charge in [-0.15, -0.1) is 0 Å². The van der Waals surface area contributed by atoms with E-state index in [0.29, 0.717) is 5.56 Å². The van der Waals surface area contributed by atoms with Crippen LogP contribution < -0.4 is 4.74 Å². The van der Waals surface area contributed by atoms with E-state index >= 15 is 0 Å². The van der Waals surface area contributed by atoms with Gasteiger partial charge in [0.15, 0.2) is 18.2 Å². The summed E-state index contributed by atoms with van der Waals surface area (Å²) >= 11 is 0.